The lowest BCUT2D eigenvalue weighted by Crippen LogP contribution is -2.29. The van der Waals surface area contributed by atoms with Crippen molar-refractivity contribution in [3.8, 4) is 0 Å². The van der Waals surface area contributed by atoms with Gasteiger partial charge in [-0.15, -0.1) is 0 Å². The van der Waals surface area contributed by atoms with Crippen LogP contribution in [0.3, 0.4) is 0 Å². The molecule has 0 spiro atoms. The van der Waals surface area contributed by atoms with Gasteiger partial charge in [-0.25, -0.2) is 0 Å². The third-order valence-corrected chi connectivity index (χ3v) is 2.98. The first-order valence-corrected chi connectivity index (χ1v) is 5.30. The van der Waals surface area contributed by atoms with E-state index in [4.69, 9.17) is 0 Å². The van der Waals surface area contributed by atoms with E-state index < -0.39 is 0 Å². The molecule has 1 atom stereocenters. The Morgan fingerprint density at radius 3 is 2.77 bits per heavy atom. The molecule has 0 aliphatic carbocycles. The Hall–Kier alpha value is -0.630. The lowest BCUT2D eigenvalue weighted by Gasteiger charge is -2.25. The molecule has 2 heteroatoms. The Kier molecular flexibility index (Phi) is 2.79. The zero-order valence-electron chi connectivity index (χ0n) is 8.29. The highest BCUT2D eigenvalue weighted by Crippen LogP contribution is 2.23. The Balaban J connectivity index is 1.96. The van der Waals surface area contributed by atoms with Crippen molar-refractivity contribution in [2.75, 3.05) is 13.1 Å². The number of allylic oxidation sites excluding steroid dienone is 1. The summed E-state index contributed by atoms with van der Waals surface area (Å²) >= 11 is 0. The number of dihydropyridines is 1. The van der Waals surface area contributed by atoms with Gasteiger partial charge in [-0.2, -0.15) is 0 Å². The van der Waals surface area contributed by atoms with Gasteiger partial charge in [0.25, 0.3) is 0 Å². The summed E-state index contributed by atoms with van der Waals surface area (Å²) in [4.78, 5) is 4.47. The number of rotatable bonds is 1. The maximum Gasteiger partial charge on any atom is 0.0506 e. The van der Waals surface area contributed by atoms with Gasteiger partial charge in [0.1, 0.15) is 0 Å². The zero-order chi connectivity index (χ0) is 9.10. The summed E-state index contributed by atoms with van der Waals surface area (Å²) in [5.41, 5.74) is 1.49. The van der Waals surface area contributed by atoms with Crippen LogP contribution in [0, 0.1) is 5.92 Å². The molecule has 0 radical (unpaired) electrons. The van der Waals surface area contributed by atoms with Gasteiger partial charge >= 0.3 is 0 Å². The van der Waals surface area contributed by atoms with Crippen LogP contribution in [0.15, 0.2) is 16.6 Å². The monoisotopic (exact) mass is 178 g/mol. The molecule has 0 aromatic heterocycles. The Morgan fingerprint density at radius 1 is 1.38 bits per heavy atom. The minimum absolute atomic E-state index is 0.505. The topological polar surface area (TPSA) is 24.4 Å². The summed E-state index contributed by atoms with van der Waals surface area (Å²) in [6.45, 7) is 4.52. The average Bonchev–Trinajstić information content (AvgIpc) is 2.20. The fraction of sp³-hybridized carbons (Fsp3) is 0.727. The molecule has 0 aromatic rings. The maximum absolute atomic E-state index is 4.47. The SMILES string of the molecule is CC1CC=C(C2CCNCC2)C=N1. The summed E-state index contributed by atoms with van der Waals surface area (Å²) in [6, 6.07) is 0.505. The summed E-state index contributed by atoms with van der Waals surface area (Å²) in [5.74, 6) is 0.775. The molecule has 2 aliphatic heterocycles. The Morgan fingerprint density at radius 2 is 2.15 bits per heavy atom. The molecule has 1 N–H and O–H groups in total. The first kappa shape index (κ1) is 8.95. The smallest absolute Gasteiger partial charge is 0.0506 e. The van der Waals surface area contributed by atoms with Crippen molar-refractivity contribution >= 4 is 6.21 Å². The van der Waals surface area contributed by atoms with Crippen molar-refractivity contribution < 1.29 is 0 Å². The average molecular weight is 178 g/mol. The number of piperidine rings is 1. The van der Waals surface area contributed by atoms with Crippen LogP contribution in [0.2, 0.25) is 0 Å². The molecule has 2 heterocycles. The molecular formula is C11H18N2. The number of nitrogens with zero attached hydrogens (tertiary/aromatic N) is 1. The first-order chi connectivity index (χ1) is 6.36. The number of hydrogen-bond acceptors (Lipinski definition) is 2. The predicted octanol–water partition coefficient (Wildman–Crippen LogP) is 1.78. The maximum atomic E-state index is 4.47. The van der Waals surface area contributed by atoms with Crippen LogP contribution in [0.25, 0.3) is 0 Å². The molecule has 0 amide bonds. The van der Waals surface area contributed by atoms with Crippen molar-refractivity contribution in [1.82, 2.24) is 5.32 Å². The highest BCUT2D eigenvalue weighted by molar-refractivity contribution is 5.80. The highest BCUT2D eigenvalue weighted by Gasteiger charge is 2.17. The van der Waals surface area contributed by atoms with Gasteiger partial charge in [0.05, 0.1) is 6.04 Å². The van der Waals surface area contributed by atoms with E-state index in [0.29, 0.717) is 6.04 Å². The number of nitrogens with one attached hydrogen (secondary N) is 1. The first-order valence-electron chi connectivity index (χ1n) is 5.30. The van der Waals surface area contributed by atoms with Crippen molar-refractivity contribution in [1.29, 1.82) is 0 Å². The molecule has 1 fully saturated rings. The minimum Gasteiger partial charge on any atom is -0.317 e. The number of hydrogen-bond donors (Lipinski definition) is 1. The quantitative estimate of drug-likeness (QED) is 0.650. The lowest BCUT2D eigenvalue weighted by atomic mass is 9.88. The van der Waals surface area contributed by atoms with Crippen molar-refractivity contribution in [3.63, 3.8) is 0 Å². The molecular weight excluding hydrogens is 160 g/mol. The van der Waals surface area contributed by atoms with Crippen LogP contribution in [0.1, 0.15) is 26.2 Å². The minimum atomic E-state index is 0.505. The molecule has 2 nitrogen and oxygen atoms in total. The van der Waals surface area contributed by atoms with Gasteiger partial charge in [-0.05, 0) is 50.8 Å². The molecule has 13 heavy (non-hydrogen) atoms. The van der Waals surface area contributed by atoms with Gasteiger partial charge in [-0.3, -0.25) is 4.99 Å². The Bertz CT molecular complexity index is 224. The summed E-state index contributed by atoms with van der Waals surface area (Å²) in [6.07, 6.45) is 8.19. The number of aliphatic imine (C=N–C) groups is 1. The second-order valence-corrected chi connectivity index (χ2v) is 4.09. The summed E-state index contributed by atoms with van der Waals surface area (Å²) in [5, 5.41) is 3.39. The molecule has 0 bridgehead atoms. The summed E-state index contributed by atoms with van der Waals surface area (Å²) in [7, 11) is 0. The van der Waals surface area contributed by atoms with E-state index in [9.17, 15) is 0 Å². The van der Waals surface area contributed by atoms with E-state index in [-0.39, 0.29) is 0 Å². The standard InChI is InChI=1S/C11H18N2/c1-9-2-3-11(8-13-9)10-4-6-12-7-5-10/h3,8-10,12H,2,4-7H2,1H3. The van der Waals surface area contributed by atoms with Crippen LogP contribution >= 0.6 is 0 Å². The van der Waals surface area contributed by atoms with Crippen molar-refractivity contribution in [3.05, 3.63) is 11.6 Å². The van der Waals surface area contributed by atoms with Gasteiger partial charge in [0, 0.05) is 6.21 Å². The van der Waals surface area contributed by atoms with E-state index in [0.717, 1.165) is 12.3 Å². The second kappa shape index (κ2) is 4.05. The Labute approximate surface area is 80.1 Å². The van der Waals surface area contributed by atoms with Gasteiger partial charge < -0.3 is 5.32 Å². The third-order valence-electron chi connectivity index (χ3n) is 2.98. The highest BCUT2D eigenvalue weighted by atomic mass is 14.9. The second-order valence-electron chi connectivity index (χ2n) is 4.09. The molecule has 1 unspecified atom stereocenters. The molecule has 72 valence electrons. The molecule has 0 saturated carbocycles. The van der Waals surface area contributed by atoms with Crippen LogP contribution in [-0.2, 0) is 0 Å². The van der Waals surface area contributed by atoms with Gasteiger partial charge in [0.15, 0.2) is 0 Å². The van der Waals surface area contributed by atoms with E-state index in [1.165, 1.54) is 31.5 Å². The van der Waals surface area contributed by atoms with Crippen molar-refractivity contribution in [2.45, 2.75) is 32.2 Å². The largest absolute Gasteiger partial charge is 0.317 e. The van der Waals surface area contributed by atoms with Crippen LogP contribution in [0.5, 0.6) is 0 Å². The molecule has 0 aromatic carbocycles. The van der Waals surface area contributed by atoms with E-state index in [1.54, 1.807) is 0 Å². The van der Waals surface area contributed by atoms with Gasteiger partial charge in [0.2, 0.25) is 0 Å². The fourth-order valence-electron chi connectivity index (χ4n) is 2.06. The van der Waals surface area contributed by atoms with Gasteiger partial charge in [-0.1, -0.05) is 6.08 Å². The lowest BCUT2D eigenvalue weighted by molar-refractivity contribution is 0.427. The third kappa shape index (κ3) is 2.19. The predicted molar refractivity (Wildman–Crippen MR) is 56.2 cm³/mol. The summed E-state index contributed by atoms with van der Waals surface area (Å²) < 4.78 is 0. The molecule has 1 saturated heterocycles. The van der Waals surface area contributed by atoms with Crippen LogP contribution < -0.4 is 5.32 Å². The van der Waals surface area contributed by atoms with Crippen molar-refractivity contribution in [2.24, 2.45) is 10.9 Å². The fourth-order valence-corrected chi connectivity index (χ4v) is 2.06. The van der Waals surface area contributed by atoms with E-state index in [1.807, 2.05) is 0 Å². The van der Waals surface area contributed by atoms with Crippen LogP contribution in [-0.4, -0.2) is 25.3 Å². The van der Waals surface area contributed by atoms with E-state index >= 15 is 0 Å². The molecule has 2 aliphatic rings. The normalized spacial score (nSPS) is 30.2. The van der Waals surface area contributed by atoms with Crippen LogP contribution in [0.4, 0.5) is 0 Å². The molecule has 2 rings (SSSR count). The zero-order valence-corrected chi connectivity index (χ0v) is 8.29. The van der Waals surface area contributed by atoms with E-state index in [2.05, 4.69) is 29.5 Å².